The van der Waals surface area contributed by atoms with Crippen LogP contribution in [0.3, 0.4) is 0 Å². The Hall–Kier alpha value is -0.390. The van der Waals surface area contributed by atoms with Crippen LogP contribution in [0, 0.1) is 6.92 Å². The van der Waals surface area contributed by atoms with Gasteiger partial charge in [-0.05, 0) is 38.5 Å². The quantitative estimate of drug-likeness (QED) is 0.930. The molecular weight excluding hydrogens is 278 g/mol. The smallest absolute Gasteiger partial charge is 0.209 e. The highest BCUT2D eigenvalue weighted by Crippen LogP contribution is 2.23. The van der Waals surface area contributed by atoms with E-state index >= 15 is 0 Å². The molecule has 0 aromatic heterocycles. The minimum Gasteiger partial charge on any atom is -0.209 e. The van der Waals surface area contributed by atoms with Crippen LogP contribution in [0.15, 0.2) is 27.6 Å². The molecule has 0 atom stereocenters. The number of benzene rings is 1. The van der Waals surface area contributed by atoms with Crippen molar-refractivity contribution in [2.45, 2.75) is 31.7 Å². The molecule has 0 unspecified atom stereocenters. The first-order valence-electron chi connectivity index (χ1n) is 4.62. The largest absolute Gasteiger partial charge is 0.241 e. The van der Waals surface area contributed by atoms with Gasteiger partial charge < -0.3 is 0 Å². The summed E-state index contributed by atoms with van der Waals surface area (Å²) >= 11 is 3.31. The van der Waals surface area contributed by atoms with Gasteiger partial charge in [-0.3, -0.25) is 0 Å². The molecule has 1 N–H and O–H groups in total. The fourth-order valence-electron chi connectivity index (χ4n) is 1.25. The molecule has 15 heavy (non-hydrogen) atoms. The molecule has 0 aliphatic rings. The highest BCUT2D eigenvalue weighted by atomic mass is 79.9. The van der Waals surface area contributed by atoms with Gasteiger partial charge in [0.15, 0.2) is 0 Å². The predicted octanol–water partition coefficient (Wildman–Crippen LogP) is 2.44. The number of nitrogens with one attached hydrogen (secondary N) is 1. The first-order valence-corrected chi connectivity index (χ1v) is 6.89. The summed E-state index contributed by atoms with van der Waals surface area (Å²) in [6.45, 7) is 5.37. The predicted molar refractivity (Wildman–Crippen MR) is 64.3 cm³/mol. The first kappa shape index (κ1) is 12.7. The lowest BCUT2D eigenvalue weighted by Gasteiger charge is -2.12. The first-order chi connectivity index (χ1) is 6.84. The monoisotopic (exact) mass is 291 g/mol. The van der Waals surface area contributed by atoms with Crippen molar-refractivity contribution >= 4 is 26.0 Å². The molecule has 0 aliphatic carbocycles. The normalized spacial score (nSPS) is 12.1. The fraction of sp³-hybridized carbons (Fsp3) is 0.400. The van der Waals surface area contributed by atoms with Gasteiger partial charge in [0.1, 0.15) is 0 Å². The van der Waals surface area contributed by atoms with Crippen LogP contribution in [0.5, 0.6) is 0 Å². The Labute approximate surface area is 99.1 Å². The number of halogens is 1. The van der Waals surface area contributed by atoms with Gasteiger partial charge in [-0.15, -0.1) is 0 Å². The molecule has 1 aromatic rings. The number of rotatable bonds is 3. The lowest BCUT2D eigenvalue weighted by Crippen LogP contribution is -2.30. The fourth-order valence-corrected chi connectivity index (χ4v) is 3.27. The molecule has 0 bridgehead atoms. The van der Waals surface area contributed by atoms with Gasteiger partial charge in [-0.2, -0.15) is 0 Å². The summed E-state index contributed by atoms with van der Waals surface area (Å²) in [5, 5.41) is 0. The van der Waals surface area contributed by atoms with E-state index in [1.807, 2.05) is 6.07 Å². The van der Waals surface area contributed by atoms with E-state index in [1.165, 1.54) is 0 Å². The Kier molecular flexibility index (Phi) is 3.92. The van der Waals surface area contributed by atoms with Crippen molar-refractivity contribution in [3.63, 3.8) is 0 Å². The topological polar surface area (TPSA) is 46.2 Å². The summed E-state index contributed by atoms with van der Waals surface area (Å²) in [4.78, 5) is 0.325. The summed E-state index contributed by atoms with van der Waals surface area (Å²) in [6, 6.07) is 5.04. The van der Waals surface area contributed by atoms with Crippen molar-refractivity contribution < 1.29 is 8.42 Å². The zero-order chi connectivity index (χ0) is 11.6. The standard InChI is InChI=1S/C10H14BrNO2S/c1-7(2)12-15(13,14)10-6-4-5-9(11)8(10)3/h4-7,12H,1-3H3. The molecule has 5 heteroatoms. The minimum absolute atomic E-state index is 0.103. The van der Waals surface area contributed by atoms with Gasteiger partial charge in [-0.1, -0.05) is 22.0 Å². The maximum atomic E-state index is 11.9. The van der Waals surface area contributed by atoms with Crippen molar-refractivity contribution in [1.82, 2.24) is 4.72 Å². The van der Waals surface area contributed by atoms with Crippen molar-refractivity contribution in [1.29, 1.82) is 0 Å². The van der Waals surface area contributed by atoms with Gasteiger partial charge in [0.25, 0.3) is 0 Å². The average molecular weight is 292 g/mol. The number of hydrogen-bond acceptors (Lipinski definition) is 2. The molecule has 0 saturated carbocycles. The van der Waals surface area contributed by atoms with Crippen molar-refractivity contribution in [3.05, 3.63) is 28.2 Å². The average Bonchev–Trinajstić information content (AvgIpc) is 2.07. The van der Waals surface area contributed by atoms with Crippen LogP contribution in [-0.4, -0.2) is 14.5 Å². The maximum Gasteiger partial charge on any atom is 0.241 e. The van der Waals surface area contributed by atoms with Gasteiger partial charge in [-0.25, -0.2) is 13.1 Å². The van der Waals surface area contributed by atoms with Crippen LogP contribution in [0.1, 0.15) is 19.4 Å². The molecule has 3 nitrogen and oxygen atoms in total. The molecule has 0 saturated heterocycles. The highest BCUT2D eigenvalue weighted by molar-refractivity contribution is 9.10. The van der Waals surface area contributed by atoms with E-state index < -0.39 is 10.0 Å². The van der Waals surface area contributed by atoms with Crippen LogP contribution >= 0.6 is 15.9 Å². The summed E-state index contributed by atoms with van der Waals surface area (Å²) in [7, 11) is -3.39. The van der Waals surface area contributed by atoms with Gasteiger partial charge >= 0.3 is 0 Å². The van der Waals surface area contributed by atoms with Gasteiger partial charge in [0.2, 0.25) is 10.0 Å². The van der Waals surface area contributed by atoms with E-state index in [0.29, 0.717) is 4.90 Å². The number of sulfonamides is 1. The summed E-state index contributed by atoms with van der Waals surface area (Å²) in [5.74, 6) is 0. The van der Waals surface area contributed by atoms with Crippen LogP contribution in [0.2, 0.25) is 0 Å². The van der Waals surface area contributed by atoms with E-state index in [2.05, 4.69) is 20.7 Å². The third-order valence-corrected chi connectivity index (χ3v) is 4.56. The Balaban J connectivity index is 3.22. The van der Waals surface area contributed by atoms with Crippen LogP contribution < -0.4 is 4.72 Å². The SMILES string of the molecule is Cc1c(Br)cccc1S(=O)(=O)NC(C)C. The van der Waals surface area contributed by atoms with Gasteiger partial charge in [0, 0.05) is 10.5 Å². The second kappa shape index (κ2) is 4.63. The zero-order valence-corrected chi connectivity index (χ0v) is 11.3. The lowest BCUT2D eigenvalue weighted by molar-refractivity contribution is 0.569. The third kappa shape index (κ3) is 3.03. The van der Waals surface area contributed by atoms with Crippen LogP contribution in [0.25, 0.3) is 0 Å². The molecule has 1 aromatic carbocycles. The van der Waals surface area contributed by atoms with Crippen molar-refractivity contribution in [2.24, 2.45) is 0 Å². The molecule has 0 heterocycles. The molecule has 1 rings (SSSR count). The number of hydrogen-bond donors (Lipinski definition) is 1. The van der Waals surface area contributed by atoms with E-state index in [1.54, 1.807) is 32.9 Å². The molecule has 0 aliphatic heterocycles. The second-order valence-electron chi connectivity index (χ2n) is 3.64. The van der Waals surface area contributed by atoms with Crippen molar-refractivity contribution in [3.8, 4) is 0 Å². The van der Waals surface area contributed by atoms with E-state index in [9.17, 15) is 8.42 Å². The highest BCUT2D eigenvalue weighted by Gasteiger charge is 2.18. The molecule has 0 fully saturated rings. The second-order valence-corrected chi connectivity index (χ2v) is 6.18. The summed E-state index contributed by atoms with van der Waals surface area (Å²) in [6.07, 6.45) is 0. The molecule has 0 radical (unpaired) electrons. The Morgan fingerprint density at radius 1 is 1.33 bits per heavy atom. The zero-order valence-electron chi connectivity index (χ0n) is 8.91. The van der Waals surface area contributed by atoms with Crippen molar-refractivity contribution in [2.75, 3.05) is 0 Å². The molecular formula is C10H14BrNO2S. The molecule has 0 spiro atoms. The Morgan fingerprint density at radius 2 is 1.93 bits per heavy atom. The third-order valence-electron chi connectivity index (χ3n) is 1.90. The van der Waals surface area contributed by atoms with Crippen LogP contribution in [-0.2, 0) is 10.0 Å². The van der Waals surface area contributed by atoms with E-state index in [0.717, 1.165) is 10.0 Å². The molecule has 84 valence electrons. The Bertz CT molecular complexity index is 454. The van der Waals surface area contributed by atoms with E-state index in [-0.39, 0.29) is 6.04 Å². The van der Waals surface area contributed by atoms with Gasteiger partial charge in [0.05, 0.1) is 4.90 Å². The summed E-state index contributed by atoms with van der Waals surface area (Å²) in [5.41, 5.74) is 0.727. The summed E-state index contributed by atoms with van der Waals surface area (Å²) < 4.78 is 27.1. The minimum atomic E-state index is -3.39. The maximum absolute atomic E-state index is 11.9. The van der Waals surface area contributed by atoms with Crippen LogP contribution in [0.4, 0.5) is 0 Å². The Morgan fingerprint density at radius 3 is 2.47 bits per heavy atom. The molecule has 0 amide bonds. The lowest BCUT2D eigenvalue weighted by atomic mass is 10.2. The van der Waals surface area contributed by atoms with E-state index in [4.69, 9.17) is 0 Å².